The fourth-order valence-corrected chi connectivity index (χ4v) is 1.38. The second-order valence-corrected chi connectivity index (χ2v) is 5.86. The van der Waals surface area contributed by atoms with Gasteiger partial charge in [-0.25, -0.2) is 0 Å². The summed E-state index contributed by atoms with van der Waals surface area (Å²) >= 11 is 0. The molecule has 0 heterocycles. The van der Waals surface area contributed by atoms with Gasteiger partial charge in [-0.3, -0.25) is 4.79 Å². The standard InChI is InChI=1S/C21H26O3/c1-8-16(12-14-18(22)10-3)17(9-2)13-15-19(11-4)24-20(23)21(5,6)7/h8-15,22H,1-4H2,5-7H3/b16-12+,17-13+,18-14+,19-15+. The smallest absolute Gasteiger partial charge is 0.316 e. The van der Waals surface area contributed by atoms with Crippen LogP contribution in [0.5, 0.6) is 0 Å². The summed E-state index contributed by atoms with van der Waals surface area (Å²) in [6.45, 7) is 19.9. The molecule has 128 valence electrons. The van der Waals surface area contributed by atoms with Gasteiger partial charge in [-0.2, -0.15) is 0 Å². The summed E-state index contributed by atoms with van der Waals surface area (Å²) in [5.41, 5.74) is 0.871. The van der Waals surface area contributed by atoms with Crippen molar-refractivity contribution in [3.63, 3.8) is 0 Å². The predicted octanol–water partition coefficient (Wildman–Crippen LogP) is 5.50. The van der Waals surface area contributed by atoms with Crippen molar-refractivity contribution in [2.45, 2.75) is 20.8 Å². The van der Waals surface area contributed by atoms with E-state index in [-0.39, 0.29) is 11.7 Å². The summed E-state index contributed by atoms with van der Waals surface area (Å²) in [4.78, 5) is 11.9. The van der Waals surface area contributed by atoms with Crippen molar-refractivity contribution in [1.29, 1.82) is 0 Å². The molecule has 0 aliphatic rings. The molecule has 0 saturated carbocycles. The van der Waals surface area contributed by atoms with E-state index in [4.69, 9.17) is 4.74 Å². The molecule has 24 heavy (non-hydrogen) atoms. The first kappa shape index (κ1) is 21.2. The fraction of sp³-hybridized carbons (Fsp3) is 0.190. The molecule has 1 N–H and O–H groups in total. The Morgan fingerprint density at radius 2 is 1.33 bits per heavy atom. The second-order valence-electron chi connectivity index (χ2n) is 5.86. The lowest BCUT2D eigenvalue weighted by molar-refractivity contribution is -0.147. The molecule has 0 fully saturated rings. The second kappa shape index (κ2) is 10.1. The Hall–Kier alpha value is -2.81. The van der Waals surface area contributed by atoms with Crippen molar-refractivity contribution < 1.29 is 14.6 Å². The molecule has 0 radical (unpaired) electrons. The average molecular weight is 326 g/mol. The number of aliphatic hydroxyl groups is 1. The Balaban J connectivity index is 5.58. The summed E-state index contributed by atoms with van der Waals surface area (Å²) in [5, 5.41) is 9.42. The van der Waals surface area contributed by atoms with E-state index in [0.717, 1.165) is 11.1 Å². The molecule has 0 amide bonds. The van der Waals surface area contributed by atoms with Crippen LogP contribution in [0.2, 0.25) is 0 Å². The molecule has 0 aliphatic heterocycles. The summed E-state index contributed by atoms with van der Waals surface area (Å²) in [6.07, 6.45) is 12.6. The molecule has 3 nitrogen and oxygen atoms in total. The molecule has 0 aromatic heterocycles. The van der Waals surface area contributed by atoms with Crippen LogP contribution >= 0.6 is 0 Å². The molecule has 0 spiro atoms. The minimum absolute atomic E-state index is 0.0409. The molecule has 3 heteroatoms. The minimum atomic E-state index is -0.605. The van der Waals surface area contributed by atoms with Crippen LogP contribution in [0.1, 0.15) is 20.8 Å². The Morgan fingerprint density at radius 3 is 1.71 bits per heavy atom. The third-order valence-electron chi connectivity index (χ3n) is 2.87. The maximum atomic E-state index is 11.9. The first-order valence-corrected chi connectivity index (χ1v) is 7.45. The summed E-state index contributed by atoms with van der Waals surface area (Å²) in [7, 11) is 0. The SMILES string of the molecule is C=C\C(O)=C/C=C(C=C)/C(C=C)=C/C=C(\C=C)OC(=O)C(C)(C)C. The van der Waals surface area contributed by atoms with Crippen LogP contribution < -0.4 is 0 Å². The fourth-order valence-electron chi connectivity index (χ4n) is 1.38. The van der Waals surface area contributed by atoms with Crippen molar-refractivity contribution in [2.75, 3.05) is 0 Å². The molecule has 0 aromatic carbocycles. The zero-order valence-corrected chi connectivity index (χ0v) is 14.7. The lowest BCUT2D eigenvalue weighted by atomic mass is 9.97. The van der Waals surface area contributed by atoms with Crippen LogP contribution in [0.15, 0.2) is 97.6 Å². The van der Waals surface area contributed by atoms with Crippen molar-refractivity contribution in [2.24, 2.45) is 5.41 Å². The minimum Gasteiger partial charge on any atom is -0.508 e. The van der Waals surface area contributed by atoms with Gasteiger partial charge >= 0.3 is 5.97 Å². The van der Waals surface area contributed by atoms with Gasteiger partial charge in [-0.15, -0.1) is 0 Å². The molecule has 0 unspecified atom stereocenters. The first-order valence-electron chi connectivity index (χ1n) is 7.45. The number of allylic oxidation sites excluding steroid dienone is 10. The van der Waals surface area contributed by atoms with Crippen LogP contribution in [0.25, 0.3) is 0 Å². The number of esters is 1. The van der Waals surface area contributed by atoms with Gasteiger partial charge in [0.2, 0.25) is 0 Å². The Morgan fingerprint density at radius 1 is 0.833 bits per heavy atom. The third kappa shape index (κ3) is 7.45. The molecule has 0 bridgehead atoms. The number of carbonyl (C=O) groups excluding carboxylic acids is 1. The van der Waals surface area contributed by atoms with Gasteiger partial charge in [0, 0.05) is 0 Å². The third-order valence-corrected chi connectivity index (χ3v) is 2.87. The highest BCUT2D eigenvalue weighted by molar-refractivity contribution is 5.76. The maximum absolute atomic E-state index is 11.9. The van der Waals surface area contributed by atoms with Crippen LogP contribution in [0.3, 0.4) is 0 Å². The Bertz CT molecular complexity index is 632. The van der Waals surface area contributed by atoms with Gasteiger partial charge in [-0.1, -0.05) is 50.6 Å². The van der Waals surface area contributed by atoms with E-state index in [1.54, 1.807) is 51.2 Å². The van der Waals surface area contributed by atoms with E-state index in [1.165, 1.54) is 18.2 Å². The first-order chi connectivity index (χ1) is 11.2. The zero-order valence-electron chi connectivity index (χ0n) is 14.7. The van der Waals surface area contributed by atoms with Gasteiger partial charge < -0.3 is 9.84 Å². The summed E-state index contributed by atoms with van der Waals surface area (Å²) in [5.74, 6) is 0.0295. The normalized spacial score (nSPS) is 14.0. The molecule has 0 rings (SSSR count). The molecule has 0 atom stereocenters. The average Bonchev–Trinajstić information content (AvgIpc) is 2.54. The van der Waals surface area contributed by atoms with E-state index in [1.807, 2.05) is 0 Å². The number of rotatable bonds is 8. The highest BCUT2D eigenvalue weighted by atomic mass is 16.5. The number of hydrogen-bond donors (Lipinski definition) is 1. The van der Waals surface area contributed by atoms with Crippen molar-refractivity contribution >= 4 is 5.97 Å². The zero-order chi connectivity index (χ0) is 18.8. The van der Waals surface area contributed by atoms with E-state index >= 15 is 0 Å². The van der Waals surface area contributed by atoms with E-state index in [0.29, 0.717) is 5.76 Å². The topological polar surface area (TPSA) is 46.5 Å². The number of hydrogen-bond acceptors (Lipinski definition) is 3. The van der Waals surface area contributed by atoms with Crippen LogP contribution in [0, 0.1) is 5.41 Å². The molecule has 0 aliphatic carbocycles. The van der Waals surface area contributed by atoms with Crippen molar-refractivity contribution in [1.82, 2.24) is 0 Å². The number of ether oxygens (including phenoxy) is 1. The van der Waals surface area contributed by atoms with E-state index in [9.17, 15) is 9.90 Å². The Labute approximate surface area is 145 Å². The van der Waals surface area contributed by atoms with Gasteiger partial charge in [0.05, 0.1) is 5.41 Å². The lowest BCUT2D eigenvalue weighted by Crippen LogP contribution is -2.22. The largest absolute Gasteiger partial charge is 0.508 e. The van der Waals surface area contributed by atoms with E-state index < -0.39 is 5.41 Å². The molecule has 0 aromatic rings. The number of carbonyl (C=O) groups is 1. The summed E-state index contributed by atoms with van der Waals surface area (Å²) in [6, 6.07) is 0. The quantitative estimate of drug-likeness (QED) is 0.364. The summed E-state index contributed by atoms with van der Waals surface area (Å²) < 4.78 is 5.30. The van der Waals surface area contributed by atoms with Crippen molar-refractivity contribution in [3.8, 4) is 0 Å². The Kier molecular flexibility index (Phi) is 8.88. The molecule has 0 saturated heterocycles. The van der Waals surface area contributed by atoms with Gasteiger partial charge in [0.1, 0.15) is 11.5 Å². The highest BCUT2D eigenvalue weighted by Gasteiger charge is 2.23. The van der Waals surface area contributed by atoms with Crippen molar-refractivity contribution in [3.05, 3.63) is 97.6 Å². The van der Waals surface area contributed by atoms with Gasteiger partial charge in [-0.05, 0) is 56.2 Å². The van der Waals surface area contributed by atoms with Crippen LogP contribution in [0.4, 0.5) is 0 Å². The van der Waals surface area contributed by atoms with Gasteiger partial charge in [0.15, 0.2) is 0 Å². The maximum Gasteiger partial charge on any atom is 0.316 e. The van der Waals surface area contributed by atoms with Crippen LogP contribution in [-0.2, 0) is 9.53 Å². The predicted molar refractivity (Wildman–Crippen MR) is 101 cm³/mol. The van der Waals surface area contributed by atoms with Gasteiger partial charge in [0.25, 0.3) is 0 Å². The lowest BCUT2D eigenvalue weighted by Gasteiger charge is -2.16. The molecular weight excluding hydrogens is 300 g/mol. The highest BCUT2D eigenvalue weighted by Crippen LogP contribution is 2.19. The van der Waals surface area contributed by atoms with Crippen LogP contribution in [-0.4, -0.2) is 11.1 Å². The van der Waals surface area contributed by atoms with E-state index in [2.05, 4.69) is 26.3 Å². The molecular formula is C21H26O3. The monoisotopic (exact) mass is 326 g/mol. The number of aliphatic hydroxyl groups excluding tert-OH is 1.